The minimum absolute atomic E-state index is 0.140. The Balaban J connectivity index is 3.23. The zero-order chi connectivity index (χ0) is 38.4. The molecular weight excluding hydrogens is 653 g/mol. The highest BCUT2D eigenvalue weighted by atomic mass is 16.5. The highest BCUT2D eigenvalue weighted by molar-refractivity contribution is 5.69. The first-order valence-electron chi connectivity index (χ1n) is 24.3. The number of carbonyl (C=O) groups is 2. The Morgan fingerprint density at radius 2 is 0.453 bits per heavy atom. The summed E-state index contributed by atoms with van der Waals surface area (Å²) in [6.45, 7) is 5.04. The molecule has 315 valence electrons. The van der Waals surface area contributed by atoms with E-state index in [0.29, 0.717) is 12.8 Å². The van der Waals surface area contributed by atoms with Crippen molar-refractivity contribution in [3.8, 4) is 0 Å². The van der Waals surface area contributed by atoms with Gasteiger partial charge in [0, 0.05) is 19.3 Å². The van der Waals surface area contributed by atoms with Crippen molar-refractivity contribution in [2.75, 3.05) is 13.2 Å². The molecule has 0 heterocycles. The molecule has 0 saturated carbocycles. The minimum atomic E-state index is -0.140. The lowest BCUT2D eigenvalue weighted by molar-refractivity contribution is -0.144. The molecule has 0 aliphatic heterocycles. The van der Waals surface area contributed by atoms with Gasteiger partial charge < -0.3 is 9.47 Å². The van der Waals surface area contributed by atoms with Crippen LogP contribution in [-0.2, 0) is 19.1 Å². The second-order valence-electron chi connectivity index (χ2n) is 16.6. The summed E-state index contributed by atoms with van der Waals surface area (Å²) in [4.78, 5) is 24.0. The van der Waals surface area contributed by atoms with Crippen LogP contribution in [0.5, 0.6) is 0 Å². The van der Waals surface area contributed by atoms with E-state index >= 15 is 0 Å². The second-order valence-corrected chi connectivity index (χ2v) is 16.6. The lowest BCUT2D eigenvalue weighted by Crippen LogP contribution is -2.11. The van der Waals surface area contributed by atoms with Gasteiger partial charge in [-0.1, -0.05) is 258 Å². The minimum Gasteiger partial charge on any atom is -0.465 e. The first kappa shape index (κ1) is 51.9. The van der Waals surface area contributed by atoms with Gasteiger partial charge in [-0.2, -0.15) is 0 Å². The maximum absolute atomic E-state index is 12.0. The van der Waals surface area contributed by atoms with E-state index in [0.717, 1.165) is 25.7 Å². The van der Waals surface area contributed by atoms with Crippen molar-refractivity contribution in [1.29, 1.82) is 0 Å². The van der Waals surface area contributed by atoms with Gasteiger partial charge in [-0.05, 0) is 12.8 Å². The smallest absolute Gasteiger partial charge is 0.305 e. The number of carbonyl (C=O) groups excluding carboxylic acids is 2. The van der Waals surface area contributed by atoms with Crippen LogP contribution >= 0.6 is 0 Å². The summed E-state index contributed by atoms with van der Waals surface area (Å²) in [7, 11) is 0. The average molecular weight is 748 g/mol. The summed E-state index contributed by atoms with van der Waals surface area (Å²) in [5, 5.41) is 0. The Labute approximate surface area is 333 Å². The van der Waals surface area contributed by atoms with E-state index in [4.69, 9.17) is 9.47 Å². The molecule has 0 aromatic rings. The summed E-state index contributed by atoms with van der Waals surface area (Å²) >= 11 is 0. The predicted octanol–water partition coefficient (Wildman–Crippen LogP) is 16.7. The van der Waals surface area contributed by atoms with Crippen LogP contribution in [0.4, 0.5) is 0 Å². The first-order chi connectivity index (χ1) is 26.2. The average Bonchev–Trinajstić information content (AvgIpc) is 3.16. The van der Waals surface area contributed by atoms with E-state index in [-0.39, 0.29) is 25.2 Å². The third kappa shape index (κ3) is 47.0. The molecule has 0 rings (SSSR count). The van der Waals surface area contributed by atoms with E-state index in [1.165, 1.54) is 231 Å². The molecule has 0 spiro atoms. The molecule has 53 heavy (non-hydrogen) atoms. The molecule has 0 aromatic heterocycles. The van der Waals surface area contributed by atoms with Crippen molar-refractivity contribution >= 4 is 11.9 Å². The Morgan fingerprint density at radius 3 is 0.642 bits per heavy atom. The van der Waals surface area contributed by atoms with Crippen molar-refractivity contribution in [2.45, 2.75) is 284 Å². The molecule has 0 fully saturated rings. The van der Waals surface area contributed by atoms with Gasteiger partial charge in [0.25, 0.3) is 0 Å². The van der Waals surface area contributed by atoms with Gasteiger partial charge in [-0.15, -0.1) is 0 Å². The van der Waals surface area contributed by atoms with Crippen LogP contribution in [0, 0.1) is 6.42 Å². The maximum Gasteiger partial charge on any atom is 0.305 e. The van der Waals surface area contributed by atoms with Gasteiger partial charge in [0.15, 0.2) is 0 Å². The number of rotatable bonds is 46. The van der Waals surface area contributed by atoms with E-state index in [1.807, 2.05) is 0 Å². The van der Waals surface area contributed by atoms with Gasteiger partial charge >= 0.3 is 11.9 Å². The number of hydrogen-bond acceptors (Lipinski definition) is 4. The standard InChI is InChI=1S/C49H95O4/c1-3-5-7-9-11-13-15-17-19-21-23-25-27-29-31-33-35-37-39-41-44-48(50)52-46-43-47-53-49(51)45-42-40-38-36-34-32-30-28-26-24-22-20-18-16-14-12-10-8-6-4-2/h43H,3-42,44-47H2,1-2H3. The predicted molar refractivity (Wildman–Crippen MR) is 231 cm³/mol. The van der Waals surface area contributed by atoms with Crippen LogP contribution < -0.4 is 0 Å². The van der Waals surface area contributed by atoms with Crippen LogP contribution in [-0.4, -0.2) is 25.2 Å². The van der Waals surface area contributed by atoms with Crippen molar-refractivity contribution < 1.29 is 19.1 Å². The molecule has 0 atom stereocenters. The number of hydrogen-bond donors (Lipinski definition) is 0. The normalized spacial score (nSPS) is 11.4. The molecule has 0 aromatic carbocycles. The molecule has 0 aliphatic carbocycles. The molecule has 4 heteroatoms. The molecule has 1 radical (unpaired) electrons. The molecule has 0 amide bonds. The first-order valence-corrected chi connectivity index (χ1v) is 24.3. The highest BCUT2D eigenvalue weighted by Gasteiger charge is 2.06. The fourth-order valence-corrected chi connectivity index (χ4v) is 7.55. The maximum atomic E-state index is 12.0. The summed E-state index contributed by atoms with van der Waals surface area (Å²) in [6.07, 6.45) is 57.0. The summed E-state index contributed by atoms with van der Waals surface area (Å²) < 4.78 is 10.6. The van der Waals surface area contributed by atoms with E-state index in [9.17, 15) is 9.59 Å². The summed E-state index contributed by atoms with van der Waals surface area (Å²) in [6, 6.07) is 0. The number of esters is 2. The van der Waals surface area contributed by atoms with Crippen LogP contribution in [0.25, 0.3) is 0 Å². The van der Waals surface area contributed by atoms with Gasteiger partial charge in [0.1, 0.15) is 0 Å². The monoisotopic (exact) mass is 748 g/mol. The lowest BCUT2D eigenvalue weighted by Gasteiger charge is -2.07. The van der Waals surface area contributed by atoms with Crippen molar-refractivity contribution in [3.05, 3.63) is 6.42 Å². The Bertz CT molecular complexity index is 649. The summed E-state index contributed by atoms with van der Waals surface area (Å²) in [5.74, 6) is -0.279. The van der Waals surface area contributed by atoms with E-state index in [2.05, 4.69) is 13.8 Å². The second kappa shape index (κ2) is 47.1. The fourth-order valence-electron chi connectivity index (χ4n) is 7.55. The molecule has 0 N–H and O–H groups in total. The lowest BCUT2D eigenvalue weighted by atomic mass is 10.0. The van der Waals surface area contributed by atoms with Crippen LogP contribution in [0.15, 0.2) is 0 Å². The Kier molecular flexibility index (Phi) is 46.2. The SMILES string of the molecule is CCCCCCCCCCCCCCCCCCCCCCC(=O)OC[CH]COC(=O)CCCCCCCCCCCCCCCCCCCCCC. The van der Waals surface area contributed by atoms with Gasteiger partial charge in [0.05, 0.1) is 13.2 Å². The molecule has 0 unspecified atom stereocenters. The molecule has 0 saturated heterocycles. The largest absolute Gasteiger partial charge is 0.465 e. The van der Waals surface area contributed by atoms with Gasteiger partial charge in [-0.25, -0.2) is 0 Å². The molecule has 4 nitrogen and oxygen atoms in total. The van der Waals surface area contributed by atoms with Crippen molar-refractivity contribution in [1.82, 2.24) is 0 Å². The molecular formula is C49H95O4. The Hall–Kier alpha value is -1.06. The number of unbranched alkanes of at least 4 members (excludes halogenated alkanes) is 38. The number of ether oxygens (including phenoxy) is 2. The van der Waals surface area contributed by atoms with E-state index in [1.54, 1.807) is 6.42 Å². The zero-order valence-electron chi connectivity index (χ0n) is 36.3. The highest BCUT2D eigenvalue weighted by Crippen LogP contribution is 2.17. The van der Waals surface area contributed by atoms with E-state index < -0.39 is 0 Å². The third-order valence-electron chi connectivity index (χ3n) is 11.2. The fraction of sp³-hybridized carbons (Fsp3) is 0.939. The topological polar surface area (TPSA) is 52.6 Å². The van der Waals surface area contributed by atoms with Crippen molar-refractivity contribution in [3.63, 3.8) is 0 Å². The van der Waals surface area contributed by atoms with Gasteiger partial charge in [0.2, 0.25) is 0 Å². The van der Waals surface area contributed by atoms with Crippen LogP contribution in [0.2, 0.25) is 0 Å². The third-order valence-corrected chi connectivity index (χ3v) is 11.2. The van der Waals surface area contributed by atoms with Crippen LogP contribution in [0.1, 0.15) is 284 Å². The van der Waals surface area contributed by atoms with Crippen LogP contribution in [0.3, 0.4) is 0 Å². The molecule has 0 bridgehead atoms. The Morgan fingerprint density at radius 1 is 0.283 bits per heavy atom. The zero-order valence-corrected chi connectivity index (χ0v) is 36.3. The van der Waals surface area contributed by atoms with Crippen molar-refractivity contribution in [2.24, 2.45) is 0 Å². The summed E-state index contributed by atoms with van der Waals surface area (Å²) in [5.41, 5.74) is 0. The molecule has 0 aliphatic rings. The quantitative estimate of drug-likeness (QED) is 0.0460. The van der Waals surface area contributed by atoms with Gasteiger partial charge in [-0.3, -0.25) is 9.59 Å².